The van der Waals surface area contributed by atoms with Crippen molar-refractivity contribution >= 4 is 10.4 Å². The van der Waals surface area contributed by atoms with E-state index in [2.05, 4.69) is 27.1 Å². The standard InChI is InChI=1S/C12H26O4S.C8H21N3O4/c1-2-3-4-5-6-7-8-9-10-11-12-16-17(13,14)15;12-4-1-9-7(10-2-5-13)8(15)11-3-6-14/h2-12H2,1H3,(H,13,14,15);7-15H,1-6H2. The Morgan fingerprint density at radius 1 is 0.719 bits per heavy atom. The summed E-state index contributed by atoms with van der Waals surface area (Å²) in [7, 11) is -4.23. The molecule has 0 spiro atoms. The van der Waals surface area contributed by atoms with Crippen LogP contribution in [-0.2, 0) is 14.6 Å². The monoisotopic (exact) mass is 489 g/mol. The minimum atomic E-state index is -4.23. The zero-order chi connectivity index (χ0) is 24.5. The second-order valence-corrected chi connectivity index (χ2v) is 8.48. The number of aliphatic hydroxyl groups excluding tert-OH is 4. The van der Waals surface area contributed by atoms with Crippen LogP contribution in [0, 0.1) is 0 Å². The zero-order valence-corrected chi connectivity index (χ0v) is 20.4. The Labute approximate surface area is 193 Å². The van der Waals surface area contributed by atoms with Crippen molar-refractivity contribution in [1.82, 2.24) is 16.0 Å². The van der Waals surface area contributed by atoms with E-state index in [-0.39, 0.29) is 33.0 Å². The van der Waals surface area contributed by atoms with Gasteiger partial charge in [0.1, 0.15) is 6.23 Å². The lowest BCUT2D eigenvalue weighted by Gasteiger charge is -2.25. The molecule has 1 atom stereocenters. The van der Waals surface area contributed by atoms with Gasteiger partial charge in [-0.1, -0.05) is 64.7 Å². The molecule has 0 aromatic rings. The molecule has 0 radical (unpaired) electrons. The largest absolute Gasteiger partial charge is 0.397 e. The van der Waals surface area contributed by atoms with E-state index >= 15 is 0 Å². The molecule has 0 aromatic carbocycles. The van der Waals surface area contributed by atoms with Crippen molar-refractivity contribution in [2.75, 3.05) is 46.1 Å². The van der Waals surface area contributed by atoms with Gasteiger partial charge in [0.25, 0.3) is 0 Å². The van der Waals surface area contributed by atoms with Crippen molar-refractivity contribution in [3.63, 3.8) is 0 Å². The first kappa shape index (κ1) is 33.8. The Kier molecular flexibility index (Phi) is 26.6. The molecule has 1 unspecified atom stereocenters. The summed E-state index contributed by atoms with van der Waals surface area (Å²) >= 11 is 0. The third-order valence-electron chi connectivity index (χ3n) is 4.46. The molecule has 0 fully saturated rings. The van der Waals surface area contributed by atoms with E-state index in [9.17, 15) is 13.5 Å². The van der Waals surface area contributed by atoms with Gasteiger partial charge in [0.2, 0.25) is 0 Å². The number of aliphatic hydroxyl groups is 4. The van der Waals surface area contributed by atoms with Gasteiger partial charge in [0.05, 0.1) is 32.6 Å². The fourth-order valence-electron chi connectivity index (χ4n) is 2.82. The van der Waals surface area contributed by atoms with Gasteiger partial charge in [0.15, 0.2) is 0 Å². The molecule has 0 aliphatic carbocycles. The fraction of sp³-hybridized carbons (Fsp3) is 1.00. The first-order valence-electron chi connectivity index (χ1n) is 11.6. The van der Waals surface area contributed by atoms with E-state index in [1.54, 1.807) is 0 Å². The predicted octanol–water partition coefficient (Wildman–Crippen LogP) is 0.103. The second-order valence-electron chi connectivity index (χ2n) is 7.39. The molecule has 0 bridgehead atoms. The van der Waals surface area contributed by atoms with Crippen molar-refractivity contribution in [1.29, 1.82) is 0 Å². The maximum absolute atomic E-state index is 10.2. The summed E-state index contributed by atoms with van der Waals surface area (Å²) in [5, 5.41) is 43.7. The Balaban J connectivity index is 0. The van der Waals surface area contributed by atoms with Gasteiger partial charge >= 0.3 is 10.4 Å². The van der Waals surface area contributed by atoms with Crippen LogP contribution in [-0.4, -0.2) is 91.9 Å². The molecule has 0 heterocycles. The molecule has 32 heavy (non-hydrogen) atoms. The average molecular weight is 490 g/mol. The van der Waals surface area contributed by atoms with Crippen LogP contribution < -0.4 is 16.0 Å². The summed E-state index contributed by atoms with van der Waals surface area (Å²) in [6.07, 6.45) is 10.5. The van der Waals surface area contributed by atoms with E-state index in [1.165, 1.54) is 44.9 Å². The first-order valence-corrected chi connectivity index (χ1v) is 13.0. The minimum Gasteiger partial charge on any atom is -0.395 e. The number of unbranched alkanes of at least 4 members (excludes halogenated alkanes) is 9. The van der Waals surface area contributed by atoms with E-state index in [0.717, 1.165) is 12.8 Å². The topological polar surface area (TPSA) is 181 Å². The summed E-state index contributed by atoms with van der Waals surface area (Å²) < 4.78 is 33.0. The summed E-state index contributed by atoms with van der Waals surface area (Å²) in [5.41, 5.74) is 0. The molecule has 11 nitrogen and oxygen atoms in total. The molecular weight excluding hydrogens is 442 g/mol. The third-order valence-corrected chi connectivity index (χ3v) is 4.93. The Hall–Kier alpha value is -0.410. The Morgan fingerprint density at radius 3 is 1.53 bits per heavy atom. The molecule has 12 heteroatoms. The molecule has 196 valence electrons. The van der Waals surface area contributed by atoms with Gasteiger partial charge in [0, 0.05) is 19.6 Å². The van der Waals surface area contributed by atoms with Gasteiger partial charge in [-0.2, -0.15) is 8.42 Å². The van der Waals surface area contributed by atoms with Gasteiger partial charge in [-0.15, -0.1) is 0 Å². The number of rotatable bonds is 22. The summed E-state index contributed by atoms with van der Waals surface area (Å²) in [5.74, 6) is 0. The van der Waals surface area contributed by atoms with Crippen LogP contribution in [0.25, 0.3) is 0 Å². The Morgan fingerprint density at radius 2 is 1.12 bits per heavy atom. The van der Waals surface area contributed by atoms with E-state index < -0.39 is 22.8 Å². The van der Waals surface area contributed by atoms with Crippen LogP contribution in [0.5, 0.6) is 0 Å². The quantitative estimate of drug-likeness (QED) is 0.0587. The maximum Gasteiger partial charge on any atom is 0.397 e. The van der Waals surface area contributed by atoms with Gasteiger partial charge in [-0.25, -0.2) is 4.18 Å². The summed E-state index contributed by atoms with van der Waals surface area (Å²) in [6.45, 7) is 3.11. The van der Waals surface area contributed by atoms with Crippen molar-refractivity contribution < 1.29 is 37.6 Å². The number of hydrogen-bond acceptors (Lipinski definition) is 10. The Bertz CT molecular complexity index is 464. The smallest absolute Gasteiger partial charge is 0.395 e. The third kappa shape index (κ3) is 27.6. The minimum absolute atomic E-state index is 0.0377. The van der Waals surface area contributed by atoms with Gasteiger partial charge in [-0.05, 0) is 6.42 Å². The molecule has 0 aliphatic heterocycles. The molecular formula is C20H47N3O8S. The van der Waals surface area contributed by atoms with Crippen LogP contribution in [0.2, 0.25) is 0 Å². The highest BCUT2D eigenvalue weighted by Crippen LogP contribution is 2.10. The molecule has 0 aliphatic rings. The highest BCUT2D eigenvalue weighted by atomic mass is 32.3. The fourth-order valence-corrected chi connectivity index (χ4v) is 3.15. The van der Waals surface area contributed by atoms with Gasteiger partial charge < -0.3 is 20.4 Å². The van der Waals surface area contributed by atoms with Crippen molar-refractivity contribution in [3.8, 4) is 0 Å². The molecule has 8 N–H and O–H groups in total. The van der Waals surface area contributed by atoms with Crippen LogP contribution in [0.3, 0.4) is 0 Å². The SMILES string of the molecule is CCCCCCCCCCCCOS(=O)(=O)O.OCCNC(O)C(NCCO)NCCO. The van der Waals surface area contributed by atoms with Gasteiger partial charge in [-0.3, -0.25) is 20.5 Å². The molecule has 0 saturated carbocycles. The molecule has 0 rings (SSSR count). The van der Waals surface area contributed by atoms with Crippen LogP contribution in [0.1, 0.15) is 71.1 Å². The van der Waals surface area contributed by atoms with E-state index in [4.69, 9.17) is 19.9 Å². The summed E-state index contributed by atoms with van der Waals surface area (Å²) in [4.78, 5) is 0. The van der Waals surface area contributed by atoms with E-state index in [1.807, 2.05) is 0 Å². The average Bonchev–Trinajstić information content (AvgIpc) is 2.75. The summed E-state index contributed by atoms with van der Waals surface area (Å²) in [6, 6.07) is 0. The lowest BCUT2D eigenvalue weighted by Crippen LogP contribution is -2.57. The predicted molar refractivity (Wildman–Crippen MR) is 124 cm³/mol. The molecule has 0 saturated heterocycles. The number of nitrogens with one attached hydrogen (secondary N) is 3. The lowest BCUT2D eigenvalue weighted by atomic mass is 10.1. The van der Waals surface area contributed by atoms with Crippen molar-refractivity contribution in [2.24, 2.45) is 0 Å². The zero-order valence-electron chi connectivity index (χ0n) is 19.5. The molecule has 0 aromatic heterocycles. The van der Waals surface area contributed by atoms with Crippen LogP contribution in [0.4, 0.5) is 0 Å². The van der Waals surface area contributed by atoms with Crippen molar-refractivity contribution in [3.05, 3.63) is 0 Å². The van der Waals surface area contributed by atoms with Crippen LogP contribution in [0.15, 0.2) is 0 Å². The highest BCUT2D eigenvalue weighted by Gasteiger charge is 2.16. The van der Waals surface area contributed by atoms with Crippen LogP contribution >= 0.6 is 0 Å². The number of hydrogen-bond donors (Lipinski definition) is 8. The second kappa shape index (κ2) is 25.2. The van der Waals surface area contributed by atoms with E-state index in [0.29, 0.717) is 19.5 Å². The highest BCUT2D eigenvalue weighted by molar-refractivity contribution is 7.80. The van der Waals surface area contributed by atoms with Crippen molar-refractivity contribution in [2.45, 2.75) is 83.5 Å². The lowest BCUT2D eigenvalue weighted by molar-refractivity contribution is 0.0692. The first-order chi connectivity index (χ1) is 15.3. The normalized spacial score (nSPS) is 12.6. The molecule has 0 amide bonds. The maximum atomic E-state index is 10.2.